The van der Waals surface area contributed by atoms with E-state index in [0.29, 0.717) is 29.7 Å². The molecule has 8 nitrogen and oxygen atoms in total. The summed E-state index contributed by atoms with van der Waals surface area (Å²) in [5, 5.41) is 12.3. The number of piperidine rings is 1. The molecule has 0 aliphatic carbocycles. The molecule has 26 heavy (non-hydrogen) atoms. The van der Waals surface area contributed by atoms with Gasteiger partial charge in [0.15, 0.2) is 5.82 Å². The molecule has 1 aliphatic heterocycles. The summed E-state index contributed by atoms with van der Waals surface area (Å²) in [4.78, 5) is 29.6. The van der Waals surface area contributed by atoms with E-state index >= 15 is 0 Å². The van der Waals surface area contributed by atoms with Crippen LogP contribution in [0.25, 0.3) is 11.4 Å². The van der Waals surface area contributed by atoms with Gasteiger partial charge < -0.3 is 14.7 Å². The van der Waals surface area contributed by atoms with Crippen molar-refractivity contribution in [3.8, 4) is 17.1 Å². The molecule has 0 saturated carbocycles. The van der Waals surface area contributed by atoms with Crippen LogP contribution >= 0.6 is 11.5 Å². The summed E-state index contributed by atoms with van der Waals surface area (Å²) in [5.74, 6) is -0.0706. The molecule has 1 aromatic heterocycles. The number of carbonyl (C=O) groups excluding carboxylic acids is 1. The molecule has 138 valence electrons. The molecular weight excluding hydrogens is 356 g/mol. The first kappa shape index (κ1) is 18.1. The number of benzene rings is 1. The third-order valence-electron chi connectivity index (χ3n) is 4.26. The van der Waals surface area contributed by atoms with Crippen molar-refractivity contribution in [1.82, 2.24) is 14.3 Å². The maximum atomic E-state index is 12.5. The van der Waals surface area contributed by atoms with E-state index in [-0.39, 0.29) is 18.5 Å². The maximum absolute atomic E-state index is 12.5. The Bertz CT molecular complexity index is 810. The zero-order valence-corrected chi connectivity index (χ0v) is 15.3. The fourth-order valence-corrected chi connectivity index (χ4v) is 3.60. The third kappa shape index (κ3) is 4.10. The summed E-state index contributed by atoms with van der Waals surface area (Å²) in [6, 6.07) is 7.00. The minimum absolute atomic E-state index is 0.136. The van der Waals surface area contributed by atoms with Crippen LogP contribution in [0.1, 0.15) is 13.3 Å². The molecule has 3 rings (SSSR count). The molecule has 2 heterocycles. The number of urea groups is 1. The standard InChI is InChI=1S/C17H20N4O4S/c1-10-6-12(15(22)23)9-21(8-10)17(24)19-16-18-14(20-26-16)11-4-3-5-13(7-11)25-2/h3-5,7,10,12H,6,8-9H2,1-2H3,(H,22,23)(H,18,19,20,24). The van der Waals surface area contributed by atoms with E-state index in [4.69, 9.17) is 4.74 Å². The monoisotopic (exact) mass is 376 g/mol. The number of ether oxygens (including phenoxy) is 1. The summed E-state index contributed by atoms with van der Waals surface area (Å²) < 4.78 is 9.46. The molecule has 1 fully saturated rings. The number of carbonyl (C=O) groups is 2. The van der Waals surface area contributed by atoms with Crippen LogP contribution in [-0.4, -0.2) is 51.6 Å². The molecule has 1 aromatic carbocycles. The number of nitrogens with one attached hydrogen (secondary N) is 1. The molecule has 1 aliphatic rings. The van der Waals surface area contributed by atoms with Gasteiger partial charge in [0.25, 0.3) is 0 Å². The van der Waals surface area contributed by atoms with Crippen LogP contribution in [0.3, 0.4) is 0 Å². The van der Waals surface area contributed by atoms with Gasteiger partial charge in [-0.15, -0.1) is 0 Å². The summed E-state index contributed by atoms with van der Waals surface area (Å²) >= 11 is 1.08. The van der Waals surface area contributed by atoms with Crippen molar-refractivity contribution < 1.29 is 19.4 Å². The number of anilines is 1. The molecule has 2 aromatic rings. The number of methoxy groups -OCH3 is 1. The van der Waals surface area contributed by atoms with Crippen LogP contribution in [0.5, 0.6) is 5.75 Å². The highest BCUT2D eigenvalue weighted by Gasteiger charge is 2.32. The van der Waals surface area contributed by atoms with Gasteiger partial charge in [0.05, 0.1) is 13.0 Å². The molecule has 2 N–H and O–H groups in total. The van der Waals surface area contributed by atoms with Crippen molar-refractivity contribution in [1.29, 1.82) is 0 Å². The number of hydrogen-bond donors (Lipinski definition) is 2. The first-order valence-electron chi connectivity index (χ1n) is 8.23. The first-order chi connectivity index (χ1) is 12.5. The van der Waals surface area contributed by atoms with Crippen molar-refractivity contribution in [3.05, 3.63) is 24.3 Å². The van der Waals surface area contributed by atoms with E-state index in [2.05, 4.69) is 14.7 Å². The highest BCUT2D eigenvalue weighted by atomic mass is 32.1. The van der Waals surface area contributed by atoms with E-state index in [9.17, 15) is 14.7 Å². The quantitative estimate of drug-likeness (QED) is 0.850. The number of carboxylic acid groups (broad SMARTS) is 1. The fraction of sp³-hybridized carbons (Fsp3) is 0.412. The second-order valence-electron chi connectivity index (χ2n) is 6.37. The second-order valence-corrected chi connectivity index (χ2v) is 7.12. The average molecular weight is 376 g/mol. The van der Waals surface area contributed by atoms with E-state index in [1.54, 1.807) is 7.11 Å². The third-order valence-corrected chi connectivity index (χ3v) is 4.89. The van der Waals surface area contributed by atoms with Crippen LogP contribution in [-0.2, 0) is 4.79 Å². The van der Waals surface area contributed by atoms with Crippen molar-refractivity contribution >= 4 is 28.7 Å². The number of aliphatic carboxylic acids is 1. The minimum Gasteiger partial charge on any atom is -0.497 e. The van der Waals surface area contributed by atoms with Gasteiger partial charge in [0, 0.05) is 30.2 Å². The Balaban J connectivity index is 1.68. The molecular formula is C17H20N4O4S. The lowest BCUT2D eigenvalue weighted by Crippen LogP contribution is -2.47. The smallest absolute Gasteiger partial charge is 0.323 e. The molecule has 2 atom stereocenters. The zero-order chi connectivity index (χ0) is 18.7. The predicted octanol–water partition coefficient (Wildman–Crippen LogP) is 2.79. The normalized spacial score (nSPS) is 19.8. The van der Waals surface area contributed by atoms with Gasteiger partial charge in [-0.1, -0.05) is 19.1 Å². The second kappa shape index (κ2) is 7.69. The Kier molecular flexibility index (Phi) is 5.36. The highest BCUT2D eigenvalue weighted by molar-refractivity contribution is 7.10. The Morgan fingerprint density at radius 3 is 2.92 bits per heavy atom. The topological polar surface area (TPSA) is 105 Å². The number of likely N-dealkylation sites (tertiary alicyclic amines) is 1. The van der Waals surface area contributed by atoms with Crippen LogP contribution < -0.4 is 10.1 Å². The highest BCUT2D eigenvalue weighted by Crippen LogP contribution is 2.26. The Hall–Kier alpha value is -2.68. The van der Waals surface area contributed by atoms with Crippen molar-refractivity contribution in [2.24, 2.45) is 11.8 Å². The number of amides is 2. The fourth-order valence-electron chi connectivity index (χ4n) is 3.02. The number of hydrogen-bond acceptors (Lipinski definition) is 6. The Morgan fingerprint density at radius 1 is 1.38 bits per heavy atom. The van der Waals surface area contributed by atoms with Crippen LogP contribution in [0, 0.1) is 11.8 Å². The van der Waals surface area contributed by atoms with Gasteiger partial charge >= 0.3 is 12.0 Å². The number of carboxylic acids is 1. The maximum Gasteiger partial charge on any atom is 0.323 e. The van der Waals surface area contributed by atoms with E-state index in [1.165, 1.54) is 4.90 Å². The SMILES string of the molecule is COc1cccc(-c2nsc(NC(=O)N3CC(C)CC(C(=O)O)C3)n2)c1. The van der Waals surface area contributed by atoms with Crippen LogP contribution in [0.4, 0.5) is 9.93 Å². The molecule has 0 radical (unpaired) electrons. The van der Waals surface area contributed by atoms with E-state index in [1.807, 2.05) is 31.2 Å². The summed E-state index contributed by atoms with van der Waals surface area (Å²) in [6.45, 7) is 2.67. The number of rotatable bonds is 4. The number of aromatic nitrogens is 2. The van der Waals surface area contributed by atoms with Gasteiger partial charge in [-0.05, 0) is 24.5 Å². The van der Waals surface area contributed by atoms with Gasteiger partial charge in [-0.3, -0.25) is 10.1 Å². The van der Waals surface area contributed by atoms with Gasteiger partial charge in [0.1, 0.15) is 5.75 Å². The summed E-state index contributed by atoms with van der Waals surface area (Å²) in [6.07, 6.45) is 0.581. The molecule has 2 amide bonds. The predicted molar refractivity (Wildman–Crippen MR) is 97.4 cm³/mol. The average Bonchev–Trinajstić information content (AvgIpc) is 3.09. The van der Waals surface area contributed by atoms with Crippen LogP contribution in [0.2, 0.25) is 0 Å². The van der Waals surface area contributed by atoms with E-state index < -0.39 is 11.9 Å². The Morgan fingerprint density at radius 2 is 2.19 bits per heavy atom. The molecule has 0 bridgehead atoms. The Labute approximate surface area is 155 Å². The van der Waals surface area contributed by atoms with Gasteiger partial charge in [0.2, 0.25) is 5.13 Å². The molecule has 0 spiro atoms. The molecule has 9 heteroatoms. The van der Waals surface area contributed by atoms with Gasteiger partial charge in [-0.25, -0.2) is 4.79 Å². The largest absolute Gasteiger partial charge is 0.497 e. The number of nitrogens with zero attached hydrogens (tertiary/aromatic N) is 3. The zero-order valence-electron chi connectivity index (χ0n) is 14.5. The van der Waals surface area contributed by atoms with Crippen molar-refractivity contribution in [3.63, 3.8) is 0 Å². The van der Waals surface area contributed by atoms with E-state index in [0.717, 1.165) is 17.1 Å². The van der Waals surface area contributed by atoms with Crippen molar-refractivity contribution in [2.75, 3.05) is 25.5 Å². The summed E-state index contributed by atoms with van der Waals surface area (Å²) in [7, 11) is 1.59. The first-order valence-corrected chi connectivity index (χ1v) is 9.00. The lowest BCUT2D eigenvalue weighted by Gasteiger charge is -2.34. The lowest BCUT2D eigenvalue weighted by atomic mass is 9.91. The van der Waals surface area contributed by atoms with Gasteiger partial charge in [-0.2, -0.15) is 9.36 Å². The molecule has 2 unspecified atom stereocenters. The summed E-state index contributed by atoms with van der Waals surface area (Å²) in [5.41, 5.74) is 0.790. The lowest BCUT2D eigenvalue weighted by molar-refractivity contribution is -0.143. The van der Waals surface area contributed by atoms with Crippen molar-refractivity contribution in [2.45, 2.75) is 13.3 Å². The minimum atomic E-state index is -0.870. The van der Waals surface area contributed by atoms with Crippen LogP contribution in [0.15, 0.2) is 24.3 Å². The molecule has 1 saturated heterocycles.